The van der Waals surface area contributed by atoms with E-state index in [9.17, 15) is 9.59 Å². The van der Waals surface area contributed by atoms with Gasteiger partial charge >= 0.3 is 6.09 Å². The van der Waals surface area contributed by atoms with Gasteiger partial charge in [0.15, 0.2) is 11.5 Å². The van der Waals surface area contributed by atoms with Gasteiger partial charge in [-0.3, -0.25) is 4.79 Å². The maximum absolute atomic E-state index is 12.5. The minimum atomic E-state index is -0.465. The Morgan fingerprint density at radius 1 is 1.03 bits per heavy atom. The Morgan fingerprint density at radius 3 is 2.42 bits per heavy atom. The fraction of sp³-hybridized carbons (Fsp3) is 0.333. The molecule has 7 heteroatoms. The molecule has 2 amide bonds. The minimum Gasteiger partial charge on any atom is -0.493 e. The molecule has 2 aromatic rings. The highest BCUT2D eigenvalue weighted by molar-refractivity contribution is 6.35. The highest BCUT2D eigenvalue weighted by Gasteiger charge is 2.26. The van der Waals surface area contributed by atoms with Gasteiger partial charge in [0.25, 0.3) is 5.91 Å². The van der Waals surface area contributed by atoms with E-state index in [1.165, 1.54) is 0 Å². The van der Waals surface area contributed by atoms with E-state index in [1.54, 1.807) is 56.7 Å². The second kappa shape index (κ2) is 10.5. The second-order valence-electron chi connectivity index (χ2n) is 7.21. The molecule has 31 heavy (non-hydrogen) atoms. The molecular weight excluding hydrogens is 396 g/mol. The van der Waals surface area contributed by atoms with Gasteiger partial charge in [-0.1, -0.05) is 38.3 Å². The summed E-state index contributed by atoms with van der Waals surface area (Å²) in [6.45, 7) is 2.75. The molecule has 0 fully saturated rings. The topological polar surface area (TPSA) is 85.9 Å². The maximum Gasteiger partial charge on any atom is 0.412 e. The quantitative estimate of drug-likeness (QED) is 0.443. The van der Waals surface area contributed by atoms with Crippen LogP contribution < -0.4 is 24.8 Å². The molecule has 7 nitrogen and oxygen atoms in total. The van der Waals surface area contributed by atoms with E-state index in [0.717, 1.165) is 36.8 Å². The lowest BCUT2D eigenvalue weighted by Gasteiger charge is -2.09. The van der Waals surface area contributed by atoms with Crippen LogP contribution in [0.3, 0.4) is 0 Å². The Morgan fingerprint density at radius 2 is 1.74 bits per heavy atom. The van der Waals surface area contributed by atoms with Crippen LogP contribution in [0.5, 0.6) is 17.2 Å². The Kier molecular flexibility index (Phi) is 7.54. The first kappa shape index (κ1) is 22.2. The summed E-state index contributed by atoms with van der Waals surface area (Å²) >= 11 is 0. The van der Waals surface area contributed by atoms with Crippen molar-refractivity contribution >= 4 is 29.3 Å². The number of fused-ring (bicyclic) bond motifs is 1. The van der Waals surface area contributed by atoms with Gasteiger partial charge in [0.05, 0.1) is 19.9 Å². The summed E-state index contributed by atoms with van der Waals surface area (Å²) in [4.78, 5) is 24.4. The lowest BCUT2D eigenvalue weighted by molar-refractivity contribution is -0.110. The number of unbranched alkanes of at least 4 members (excludes halogenated alkanes) is 3. The average molecular weight is 424 g/mol. The van der Waals surface area contributed by atoms with Gasteiger partial charge in [-0.05, 0) is 36.3 Å². The number of rotatable bonds is 9. The van der Waals surface area contributed by atoms with Crippen LogP contribution in [0.1, 0.15) is 43.7 Å². The van der Waals surface area contributed by atoms with E-state index in [4.69, 9.17) is 14.2 Å². The van der Waals surface area contributed by atoms with Crippen molar-refractivity contribution in [1.82, 2.24) is 5.32 Å². The summed E-state index contributed by atoms with van der Waals surface area (Å²) in [6.07, 6.45) is 5.67. The third-order valence-electron chi connectivity index (χ3n) is 5.01. The average Bonchev–Trinajstić information content (AvgIpc) is 3.07. The van der Waals surface area contributed by atoms with Gasteiger partial charge < -0.3 is 24.8 Å². The van der Waals surface area contributed by atoms with Crippen LogP contribution in [-0.4, -0.2) is 32.8 Å². The number of carbonyl (C=O) groups excluding carboxylic acids is 2. The lowest BCUT2D eigenvalue weighted by atomic mass is 10.0. The third kappa shape index (κ3) is 5.57. The SMILES string of the molecule is CCCCCCNC(=O)Oc1ccc(/C=C2/C(=O)Nc3cc(OC)c(OC)cc32)cc1. The molecule has 0 unspecified atom stereocenters. The number of methoxy groups -OCH3 is 2. The zero-order valence-electron chi connectivity index (χ0n) is 18.1. The van der Waals surface area contributed by atoms with Crippen LogP contribution in [-0.2, 0) is 4.79 Å². The summed E-state index contributed by atoms with van der Waals surface area (Å²) in [5.74, 6) is 1.34. The van der Waals surface area contributed by atoms with Gasteiger partial charge in [0.2, 0.25) is 0 Å². The molecule has 164 valence electrons. The van der Waals surface area contributed by atoms with E-state index < -0.39 is 6.09 Å². The summed E-state index contributed by atoms with van der Waals surface area (Å²) in [6, 6.07) is 10.5. The first-order valence-electron chi connectivity index (χ1n) is 10.4. The first-order valence-corrected chi connectivity index (χ1v) is 10.4. The van der Waals surface area contributed by atoms with Crippen molar-refractivity contribution in [1.29, 1.82) is 0 Å². The molecule has 2 aromatic carbocycles. The molecule has 0 bridgehead atoms. The summed E-state index contributed by atoms with van der Waals surface area (Å²) in [7, 11) is 3.10. The maximum atomic E-state index is 12.5. The molecule has 0 saturated heterocycles. The zero-order chi connectivity index (χ0) is 22.2. The zero-order valence-corrected chi connectivity index (χ0v) is 18.1. The Hall–Kier alpha value is -3.48. The predicted molar refractivity (Wildman–Crippen MR) is 121 cm³/mol. The highest BCUT2D eigenvalue weighted by atomic mass is 16.6. The normalized spacial score (nSPS) is 13.5. The van der Waals surface area contributed by atoms with Gasteiger partial charge in [-0.2, -0.15) is 0 Å². The van der Waals surface area contributed by atoms with E-state index in [-0.39, 0.29) is 5.91 Å². The van der Waals surface area contributed by atoms with Gasteiger partial charge in [0.1, 0.15) is 5.75 Å². The lowest BCUT2D eigenvalue weighted by Crippen LogP contribution is -2.27. The van der Waals surface area contributed by atoms with Gasteiger partial charge in [0, 0.05) is 23.7 Å². The summed E-state index contributed by atoms with van der Waals surface area (Å²) in [5.41, 5.74) is 2.74. The predicted octanol–water partition coefficient (Wildman–Crippen LogP) is 4.87. The molecule has 1 heterocycles. The number of nitrogens with one attached hydrogen (secondary N) is 2. The van der Waals surface area contributed by atoms with Crippen LogP contribution in [0.15, 0.2) is 36.4 Å². The van der Waals surface area contributed by atoms with Crippen LogP contribution in [0.4, 0.5) is 10.5 Å². The number of ether oxygens (including phenoxy) is 3. The van der Waals surface area contributed by atoms with Crippen molar-refractivity contribution in [2.24, 2.45) is 0 Å². The third-order valence-corrected chi connectivity index (χ3v) is 5.01. The van der Waals surface area contributed by atoms with Crippen molar-refractivity contribution in [3.63, 3.8) is 0 Å². The van der Waals surface area contributed by atoms with Crippen molar-refractivity contribution in [3.05, 3.63) is 47.5 Å². The van der Waals surface area contributed by atoms with Gasteiger partial charge in [-0.25, -0.2) is 4.79 Å². The highest BCUT2D eigenvalue weighted by Crippen LogP contribution is 2.41. The van der Waals surface area contributed by atoms with Crippen molar-refractivity contribution in [3.8, 4) is 17.2 Å². The number of amides is 2. The first-order chi connectivity index (χ1) is 15.0. The Balaban J connectivity index is 1.67. The number of hydrogen-bond acceptors (Lipinski definition) is 5. The summed E-state index contributed by atoms with van der Waals surface area (Å²) in [5, 5.41) is 5.60. The van der Waals surface area contributed by atoms with E-state index in [1.807, 2.05) is 0 Å². The van der Waals surface area contributed by atoms with Crippen molar-refractivity contribution in [2.75, 3.05) is 26.1 Å². The molecular formula is C24H28N2O5. The smallest absolute Gasteiger partial charge is 0.412 e. The van der Waals surface area contributed by atoms with Crippen LogP contribution in [0, 0.1) is 0 Å². The van der Waals surface area contributed by atoms with Crippen molar-refractivity contribution in [2.45, 2.75) is 32.6 Å². The molecule has 0 radical (unpaired) electrons. The summed E-state index contributed by atoms with van der Waals surface area (Å²) < 4.78 is 15.9. The Bertz CT molecular complexity index is 967. The van der Waals surface area contributed by atoms with E-state index in [0.29, 0.717) is 35.1 Å². The standard InChI is InChI=1S/C24H28N2O5/c1-4-5-6-7-12-25-24(28)31-17-10-8-16(9-11-17)13-19-18-14-21(29-2)22(30-3)15-20(18)26-23(19)27/h8-11,13-15H,4-7,12H2,1-3H3,(H,25,28)(H,26,27)/b19-13+. The molecule has 0 atom stereocenters. The molecule has 0 saturated carbocycles. The molecule has 1 aliphatic rings. The number of carbonyl (C=O) groups is 2. The fourth-order valence-corrected chi connectivity index (χ4v) is 3.34. The number of anilines is 1. The van der Waals surface area contributed by atoms with Gasteiger partial charge in [-0.15, -0.1) is 0 Å². The van der Waals surface area contributed by atoms with Crippen molar-refractivity contribution < 1.29 is 23.8 Å². The van der Waals surface area contributed by atoms with Crippen LogP contribution in [0.2, 0.25) is 0 Å². The second-order valence-corrected chi connectivity index (χ2v) is 7.21. The monoisotopic (exact) mass is 424 g/mol. The molecule has 0 spiro atoms. The Labute approximate surface area is 182 Å². The molecule has 0 aromatic heterocycles. The van der Waals surface area contributed by atoms with Crippen LogP contribution in [0.25, 0.3) is 11.6 Å². The number of hydrogen-bond donors (Lipinski definition) is 2. The molecule has 3 rings (SSSR count). The van der Waals surface area contributed by atoms with E-state index in [2.05, 4.69) is 17.6 Å². The minimum absolute atomic E-state index is 0.201. The largest absolute Gasteiger partial charge is 0.493 e. The van der Waals surface area contributed by atoms with E-state index >= 15 is 0 Å². The number of benzene rings is 2. The molecule has 2 N–H and O–H groups in total. The molecule has 1 aliphatic heterocycles. The van der Waals surface area contributed by atoms with Crippen LogP contribution >= 0.6 is 0 Å². The molecule has 0 aliphatic carbocycles. The fourth-order valence-electron chi connectivity index (χ4n) is 3.34.